The number of rotatable bonds is 4. The van der Waals surface area contributed by atoms with Crippen molar-refractivity contribution >= 4 is 22.4 Å². The number of carbonyl (C=O) groups excluding carboxylic acids is 1. The Hall–Kier alpha value is -1.21. The summed E-state index contributed by atoms with van der Waals surface area (Å²) in [7, 11) is 1.67. The molecule has 1 aliphatic heterocycles. The Bertz CT molecular complexity index is 395. The molecule has 1 fully saturated rings. The molecule has 1 saturated heterocycles. The highest BCUT2D eigenvalue weighted by atomic mass is 32.1. The summed E-state index contributed by atoms with van der Waals surface area (Å²) in [6.45, 7) is 4.13. The molecule has 1 aromatic rings. The van der Waals surface area contributed by atoms with E-state index in [1.165, 1.54) is 11.3 Å². The van der Waals surface area contributed by atoms with Crippen molar-refractivity contribution < 1.29 is 9.53 Å². The number of methoxy groups -OCH3 is 1. The van der Waals surface area contributed by atoms with E-state index in [-0.39, 0.29) is 12.0 Å². The van der Waals surface area contributed by atoms with Crippen LogP contribution in [0.25, 0.3) is 0 Å². The van der Waals surface area contributed by atoms with Crippen LogP contribution >= 0.6 is 11.3 Å². The van der Waals surface area contributed by atoms with Gasteiger partial charge in [0.25, 0.3) is 5.91 Å². The number of amides is 1. The number of likely N-dealkylation sites (tertiary alicyclic amines) is 1. The molecule has 94 valence electrons. The number of anilines is 1. The smallest absolute Gasteiger partial charge is 0.284 e. The van der Waals surface area contributed by atoms with Crippen LogP contribution in [0.15, 0.2) is 0 Å². The average molecular weight is 256 g/mol. The average Bonchev–Trinajstić information content (AvgIpc) is 2.97. The SMILES string of the molecule is CCNc1nnc(C(=O)N2CCC(OC)C2)s1. The lowest BCUT2D eigenvalue weighted by Gasteiger charge is -2.13. The van der Waals surface area contributed by atoms with Crippen molar-refractivity contribution in [2.24, 2.45) is 0 Å². The lowest BCUT2D eigenvalue weighted by atomic mass is 10.3. The molecule has 1 atom stereocenters. The fraction of sp³-hybridized carbons (Fsp3) is 0.700. The van der Waals surface area contributed by atoms with Crippen LogP contribution in [0, 0.1) is 0 Å². The summed E-state index contributed by atoms with van der Waals surface area (Å²) >= 11 is 1.30. The fourth-order valence-corrected chi connectivity index (χ4v) is 2.55. The molecule has 0 spiro atoms. The van der Waals surface area contributed by atoms with E-state index >= 15 is 0 Å². The van der Waals surface area contributed by atoms with Gasteiger partial charge < -0.3 is 15.0 Å². The van der Waals surface area contributed by atoms with Gasteiger partial charge >= 0.3 is 0 Å². The van der Waals surface area contributed by atoms with E-state index in [1.807, 2.05) is 6.92 Å². The van der Waals surface area contributed by atoms with Crippen molar-refractivity contribution in [2.45, 2.75) is 19.4 Å². The summed E-state index contributed by atoms with van der Waals surface area (Å²) in [5, 5.41) is 12.0. The first-order chi connectivity index (χ1) is 8.24. The maximum absolute atomic E-state index is 12.1. The van der Waals surface area contributed by atoms with E-state index in [0.29, 0.717) is 16.7 Å². The van der Waals surface area contributed by atoms with Gasteiger partial charge in [-0.2, -0.15) is 0 Å². The Morgan fingerprint density at radius 2 is 2.47 bits per heavy atom. The maximum Gasteiger partial charge on any atom is 0.284 e. The van der Waals surface area contributed by atoms with Crippen LogP contribution in [-0.2, 0) is 4.74 Å². The van der Waals surface area contributed by atoms with Gasteiger partial charge in [-0.3, -0.25) is 4.79 Å². The molecule has 2 heterocycles. The molecule has 17 heavy (non-hydrogen) atoms. The molecule has 0 aromatic carbocycles. The van der Waals surface area contributed by atoms with Gasteiger partial charge in [-0.25, -0.2) is 0 Å². The summed E-state index contributed by atoms with van der Waals surface area (Å²) in [6.07, 6.45) is 1.04. The molecule has 0 bridgehead atoms. The van der Waals surface area contributed by atoms with Gasteiger partial charge in [-0.1, -0.05) is 11.3 Å². The molecule has 1 unspecified atom stereocenters. The van der Waals surface area contributed by atoms with Gasteiger partial charge in [0.05, 0.1) is 6.10 Å². The number of carbonyl (C=O) groups is 1. The third-order valence-corrected chi connectivity index (χ3v) is 3.57. The number of nitrogens with zero attached hydrogens (tertiary/aromatic N) is 3. The minimum absolute atomic E-state index is 0.0498. The second-order valence-corrected chi connectivity index (χ2v) is 4.82. The molecule has 0 aliphatic carbocycles. The Labute approximate surface area is 104 Å². The Balaban J connectivity index is 1.99. The molecule has 1 amide bonds. The third-order valence-electron chi connectivity index (χ3n) is 2.70. The van der Waals surface area contributed by atoms with E-state index in [4.69, 9.17) is 4.74 Å². The lowest BCUT2D eigenvalue weighted by Crippen LogP contribution is -2.29. The Kier molecular flexibility index (Phi) is 3.90. The molecule has 0 radical (unpaired) electrons. The first-order valence-corrected chi connectivity index (χ1v) is 6.45. The first kappa shape index (κ1) is 12.3. The van der Waals surface area contributed by atoms with Crippen LogP contribution in [0.4, 0.5) is 5.13 Å². The predicted octanol–water partition coefficient (Wildman–Crippen LogP) is 0.831. The predicted molar refractivity (Wildman–Crippen MR) is 65.4 cm³/mol. The van der Waals surface area contributed by atoms with Crippen LogP contribution in [-0.4, -0.2) is 53.9 Å². The summed E-state index contributed by atoms with van der Waals surface area (Å²) in [5.41, 5.74) is 0. The van der Waals surface area contributed by atoms with Crippen molar-refractivity contribution in [1.82, 2.24) is 15.1 Å². The zero-order chi connectivity index (χ0) is 12.3. The minimum atomic E-state index is -0.0498. The maximum atomic E-state index is 12.1. The molecule has 2 rings (SSSR count). The summed E-state index contributed by atoms with van der Waals surface area (Å²) in [6, 6.07) is 0. The van der Waals surface area contributed by atoms with Gasteiger partial charge in [0.15, 0.2) is 0 Å². The monoisotopic (exact) mass is 256 g/mol. The van der Waals surface area contributed by atoms with Crippen LogP contribution in [0.1, 0.15) is 23.1 Å². The van der Waals surface area contributed by atoms with Gasteiger partial charge in [-0.15, -0.1) is 10.2 Å². The first-order valence-electron chi connectivity index (χ1n) is 5.64. The van der Waals surface area contributed by atoms with E-state index in [9.17, 15) is 4.79 Å². The summed E-state index contributed by atoms with van der Waals surface area (Å²) in [5.74, 6) is -0.0498. The normalized spacial score (nSPS) is 19.6. The van der Waals surface area contributed by atoms with Crippen molar-refractivity contribution in [1.29, 1.82) is 0 Å². The number of hydrogen-bond acceptors (Lipinski definition) is 6. The zero-order valence-electron chi connectivity index (χ0n) is 9.97. The Morgan fingerprint density at radius 3 is 3.12 bits per heavy atom. The minimum Gasteiger partial charge on any atom is -0.380 e. The largest absolute Gasteiger partial charge is 0.380 e. The molecular weight excluding hydrogens is 240 g/mol. The highest BCUT2D eigenvalue weighted by Crippen LogP contribution is 2.20. The highest BCUT2D eigenvalue weighted by Gasteiger charge is 2.28. The van der Waals surface area contributed by atoms with Crippen LogP contribution < -0.4 is 5.32 Å². The summed E-state index contributed by atoms with van der Waals surface area (Å²) in [4.78, 5) is 13.8. The van der Waals surface area contributed by atoms with Crippen molar-refractivity contribution in [3.05, 3.63) is 5.01 Å². The second-order valence-electron chi connectivity index (χ2n) is 3.84. The highest BCUT2D eigenvalue weighted by molar-refractivity contribution is 7.17. The number of nitrogens with one attached hydrogen (secondary N) is 1. The number of aromatic nitrogens is 2. The van der Waals surface area contributed by atoms with E-state index in [1.54, 1.807) is 12.0 Å². The molecule has 7 heteroatoms. The van der Waals surface area contributed by atoms with Crippen molar-refractivity contribution in [3.63, 3.8) is 0 Å². The molecule has 1 N–H and O–H groups in total. The molecular formula is C10H16N4O2S. The van der Waals surface area contributed by atoms with E-state index in [0.717, 1.165) is 19.5 Å². The van der Waals surface area contributed by atoms with Crippen LogP contribution in [0.2, 0.25) is 0 Å². The summed E-state index contributed by atoms with van der Waals surface area (Å²) < 4.78 is 5.23. The van der Waals surface area contributed by atoms with Crippen LogP contribution in [0.3, 0.4) is 0 Å². The van der Waals surface area contributed by atoms with Gasteiger partial charge in [0.1, 0.15) is 0 Å². The standard InChI is InChI=1S/C10H16N4O2S/c1-3-11-10-13-12-8(17-10)9(15)14-5-4-7(6-14)16-2/h7H,3-6H2,1-2H3,(H,11,13). The van der Waals surface area contributed by atoms with Gasteiger partial charge in [0, 0.05) is 26.7 Å². The number of ether oxygens (including phenoxy) is 1. The topological polar surface area (TPSA) is 67.4 Å². The molecule has 0 saturated carbocycles. The quantitative estimate of drug-likeness (QED) is 0.864. The third kappa shape index (κ3) is 2.73. The van der Waals surface area contributed by atoms with Crippen molar-refractivity contribution in [3.8, 4) is 0 Å². The fourth-order valence-electron chi connectivity index (χ4n) is 1.77. The Morgan fingerprint density at radius 1 is 1.65 bits per heavy atom. The van der Waals surface area contributed by atoms with E-state index < -0.39 is 0 Å². The zero-order valence-corrected chi connectivity index (χ0v) is 10.8. The van der Waals surface area contributed by atoms with Gasteiger partial charge in [-0.05, 0) is 13.3 Å². The molecule has 1 aromatic heterocycles. The van der Waals surface area contributed by atoms with Crippen LogP contribution in [0.5, 0.6) is 0 Å². The van der Waals surface area contributed by atoms with Gasteiger partial charge in [0.2, 0.25) is 10.1 Å². The molecule has 6 nitrogen and oxygen atoms in total. The van der Waals surface area contributed by atoms with Crippen molar-refractivity contribution in [2.75, 3.05) is 32.1 Å². The number of hydrogen-bond donors (Lipinski definition) is 1. The second kappa shape index (κ2) is 5.42. The lowest BCUT2D eigenvalue weighted by molar-refractivity contribution is 0.0723. The van der Waals surface area contributed by atoms with E-state index in [2.05, 4.69) is 15.5 Å². The molecule has 1 aliphatic rings.